The average Bonchev–Trinajstić information content (AvgIpc) is 3.25. The second kappa shape index (κ2) is 12.8. The summed E-state index contributed by atoms with van der Waals surface area (Å²) in [6.45, 7) is 23.5. The van der Waals surface area contributed by atoms with Gasteiger partial charge in [0.15, 0.2) is 0 Å². The van der Waals surface area contributed by atoms with Gasteiger partial charge in [-0.3, -0.25) is 9.80 Å². The van der Waals surface area contributed by atoms with Gasteiger partial charge in [-0.25, -0.2) is 0 Å². The summed E-state index contributed by atoms with van der Waals surface area (Å²) in [5.41, 5.74) is 0.415. The number of hydrogen-bond donors (Lipinski definition) is 1. The molecule has 0 radical (unpaired) electrons. The van der Waals surface area contributed by atoms with Crippen LogP contribution in [0.5, 0.6) is 0 Å². The quantitative estimate of drug-likeness (QED) is 0.468. The second-order valence-electron chi connectivity index (χ2n) is 13.7. The third-order valence-electron chi connectivity index (χ3n) is 9.96. The van der Waals surface area contributed by atoms with Gasteiger partial charge >= 0.3 is 0 Å². The lowest BCUT2D eigenvalue weighted by Gasteiger charge is -2.49. The van der Waals surface area contributed by atoms with Crippen molar-refractivity contribution in [2.75, 3.05) is 79.2 Å². The first kappa shape index (κ1) is 28.1. The molecule has 0 bridgehead atoms. The van der Waals surface area contributed by atoms with Gasteiger partial charge in [0, 0.05) is 57.2 Å². The summed E-state index contributed by atoms with van der Waals surface area (Å²) < 4.78 is 0. The number of nitrogens with zero attached hydrogens (tertiary/aromatic N) is 4. The van der Waals surface area contributed by atoms with Crippen LogP contribution in [-0.4, -0.2) is 110 Å². The van der Waals surface area contributed by atoms with E-state index in [0.29, 0.717) is 22.8 Å². The number of piperidine rings is 1. The highest BCUT2D eigenvalue weighted by Gasteiger charge is 2.41. The molecule has 4 aliphatic rings. The van der Waals surface area contributed by atoms with Crippen molar-refractivity contribution < 1.29 is 0 Å². The van der Waals surface area contributed by atoms with Gasteiger partial charge in [-0.15, -0.1) is 11.6 Å². The van der Waals surface area contributed by atoms with Gasteiger partial charge in [-0.1, -0.05) is 27.7 Å². The number of nitrogens with one attached hydrogen (secondary N) is 1. The molecule has 0 aromatic carbocycles. The Balaban J connectivity index is 1.20. The fraction of sp³-hybridized carbons (Fsp3) is 1.00. The largest absolute Gasteiger partial charge is 0.312 e. The van der Waals surface area contributed by atoms with Gasteiger partial charge in [-0.05, 0) is 94.3 Å². The fourth-order valence-electron chi connectivity index (χ4n) is 7.58. The molecule has 1 saturated carbocycles. The maximum Gasteiger partial charge on any atom is 0.0507 e. The molecule has 5 nitrogen and oxygen atoms in total. The number of hydrogen-bond acceptors (Lipinski definition) is 5. The van der Waals surface area contributed by atoms with E-state index in [2.05, 4.69) is 59.7 Å². The normalized spacial score (nSPS) is 35.1. The number of likely N-dealkylation sites (tertiary alicyclic amines) is 2. The Morgan fingerprint density at radius 1 is 0.857 bits per heavy atom. The molecule has 0 amide bonds. The minimum Gasteiger partial charge on any atom is -0.312 e. The molecule has 3 saturated heterocycles. The van der Waals surface area contributed by atoms with E-state index >= 15 is 0 Å². The van der Waals surface area contributed by atoms with E-state index in [0.717, 1.165) is 17.8 Å². The molecule has 0 unspecified atom stereocenters. The van der Waals surface area contributed by atoms with Gasteiger partial charge in [0.1, 0.15) is 0 Å². The van der Waals surface area contributed by atoms with E-state index in [9.17, 15) is 0 Å². The third-order valence-corrected chi connectivity index (χ3v) is 10.4. The minimum absolute atomic E-state index is 0.415. The first-order valence-corrected chi connectivity index (χ1v) is 15.4. The summed E-state index contributed by atoms with van der Waals surface area (Å²) in [6, 6.07) is 0.598. The molecule has 3 heterocycles. The molecule has 35 heavy (non-hydrogen) atoms. The van der Waals surface area contributed by atoms with Crippen molar-refractivity contribution in [3.05, 3.63) is 0 Å². The average molecular weight is 510 g/mol. The summed E-state index contributed by atoms with van der Waals surface area (Å²) in [4.78, 5) is 10.6. The van der Waals surface area contributed by atoms with Crippen molar-refractivity contribution in [3.8, 4) is 0 Å². The molecule has 1 N–H and O–H groups in total. The molecule has 204 valence electrons. The van der Waals surface area contributed by atoms with Gasteiger partial charge in [0.05, 0.1) is 6.67 Å². The Morgan fingerprint density at radius 3 is 2.20 bits per heavy atom. The predicted octanol–water partition coefficient (Wildman–Crippen LogP) is 4.27. The lowest BCUT2D eigenvalue weighted by molar-refractivity contribution is 0.00467. The van der Waals surface area contributed by atoms with E-state index in [1.54, 1.807) is 0 Å². The Hall–Kier alpha value is 0.0900. The zero-order chi connectivity index (χ0) is 25.0. The van der Waals surface area contributed by atoms with Crippen LogP contribution in [0.1, 0.15) is 66.2 Å². The molecule has 6 heteroatoms. The molecule has 0 aromatic rings. The highest BCUT2D eigenvalue weighted by Crippen LogP contribution is 2.45. The van der Waals surface area contributed by atoms with Crippen LogP contribution in [0, 0.1) is 29.1 Å². The van der Waals surface area contributed by atoms with Crippen LogP contribution < -0.4 is 5.32 Å². The summed E-state index contributed by atoms with van der Waals surface area (Å²) in [7, 11) is 2.25. The van der Waals surface area contributed by atoms with E-state index in [4.69, 9.17) is 11.6 Å². The van der Waals surface area contributed by atoms with Crippen LogP contribution in [0.25, 0.3) is 0 Å². The van der Waals surface area contributed by atoms with Gasteiger partial charge in [0.25, 0.3) is 0 Å². The summed E-state index contributed by atoms with van der Waals surface area (Å²) in [6.07, 6.45) is 7.90. The lowest BCUT2D eigenvalue weighted by Crippen LogP contribution is -2.53. The monoisotopic (exact) mass is 509 g/mol. The van der Waals surface area contributed by atoms with Gasteiger partial charge in [-0.2, -0.15) is 0 Å². The van der Waals surface area contributed by atoms with Crippen LogP contribution in [0.2, 0.25) is 0 Å². The second-order valence-corrected chi connectivity index (χ2v) is 14.3. The summed E-state index contributed by atoms with van der Waals surface area (Å²) in [5.74, 6) is 3.26. The van der Waals surface area contributed by atoms with Crippen molar-refractivity contribution >= 4 is 11.6 Å². The topological polar surface area (TPSA) is 25.0 Å². The molecule has 1 aliphatic carbocycles. The number of likely N-dealkylation sites (N-methyl/N-ethyl adjacent to an activating group) is 1. The Kier molecular flexibility index (Phi) is 10.2. The predicted molar refractivity (Wildman–Crippen MR) is 150 cm³/mol. The van der Waals surface area contributed by atoms with E-state index in [-0.39, 0.29) is 0 Å². The molecule has 0 aromatic heterocycles. The molecule has 0 spiro atoms. The minimum atomic E-state index is 0.415. The summed E-state index contributed by atoms with van der Waals surface area (Å²) in [5, 5.41) is 4.48. The standard InChI is InChI=1S/C29H56ClN5/c1-23(2)28(31-18-24-10-12-35(19-24)22-33-16-14-32(5)15-17-33)20-34-13-11-27(29(3,4)21-34)25-6-8-26(30)9-7-25/h23-28,31H,6-22H2,1-5H3/t24-,25?,26?,27+,28-/m0/s1. The van der Waals surface area contributed by atoms with Crippen LogP contribution in [0.3, 0.4) is 0 Å². The number of rotatable bonds is 9. The number of halogens is 1. The molecule has 3 aliphatic heterocycles. The van der Waals surface area contributed by atoms with Crippen molar-refractivity contribution in [3.63, 3.8) is 0 Å². The maximum atomic E-state index is 6.41. The maximum absolute atomic E-state index is 6.41. The van der Waals surface area contributed by atoms with Gasteiger partial charge in [0.2, 0.25) is 0 Å². The highest BCUT2D eigenvalue weighted by molar-refractivity contribution is 6.20. The third kappa shape index (κ3) is 8.04. The molecule has 4 fully saturated rings. The molecule has 3 atom stereocenters. The van der Waals surface area contributed by atoms with E-state index in [1.807, 2.05) is 0 Å². The zero-order valence-corrected chi connectivity index (χ0v) is 24.4. The SMILES string of the molecule is CC(C)[C@H](CN1CC[C@H](C2CCC(Cl)CC2)C(C)(C)C1)NC[C@@H]1CCN(CN2CCN(C)CC2)C1. The van der Waals surface area contributed by atoms with Crippen molar-refractivity contribution in [1.82, 2.24) is 24.9 Å². The highest BCUT2D eigenvalue weighted by atomic mass is 35.5. The Bertz CT molecular complexity index is 627. The van der Waals surface area contributed by atoms with Crippen LogP contribution in [0.4, 0.5) is 0 Å². The van der Waals surface area contributed by atoms with E-state index < -0.39 is 0 Å². The summed E-state index contributed by atoms with van der Waals surface area (Å²) >= 11 is 6.41. The molecular formula is C29H56ClN5. The van der Waals surface area contributed by atoms with Crippen molar-refractivity contribution in [2.24, 2.45) is 29.1 Å². The van der Waals surface area contributed by atoms with Crippen LogP contribution in [0.15, 0.2) is 0 Å². The smallest absolute Gasteiger partial charge is 0.0507 e. The lowest BCUT2D eigenvalue weighted by atomic mass is 9.64. The zero-order valence-electron chi connectivity index (χ0n) is 23.7. The molecule has 4 rings (SSSR count). The Labute approximate surface area is 222 Å². The Morgan fingerprint density at radius 2 is 1.54 bits per heavy atom. The number of piperazine rings is 1. The number of alkyl halides is 1. The van der Waals surface area contributed by atoms with Crippen LogP contribution in [-0.2, 0) is 0 Å². The first-order chi connectivity index (χ1) is 16.7. The molecular weight excluding hydrogens is 454 g/mol. The van der Waals surface area contributed by atoms with Crippen molar-refractivity contribution in [1.29, 1.82) is 0 Å². The van der Waals surface area contributed by atoms with Gasteiger partial charge < -0.3 is 15.1 Å². The van der Waals surface area contributed by atoms with Crippen molar-refractivity contribution in [2.45, 2.75) is 77.6 Å². The fourth-order valence-corrected chi connectivity index (χ4v) is 7.83. The van der Waals surface area contributed by atoms with Crippen LogP contribution >= 0.6 is 11.6 Å². The van der Waals surface area contributed by atoms with E-state index in [1.165, 1.54) is 111 Å². The first-order valence-electron chi connectivity index (χ1n) is 14.9.